The lowest BCUT2D eigenvalue weighted by Gasteiger charge is -2.23. The molecular weight excluding hydrogens is 520 g/mol. The van der Waals surface area contributed by atoms with Crippen LogP contribution in [0.4, 0.5) is 4.39 Å². The molecule has 0 saturated carbocycles. The van der Waals surface area contributed by atoms with Gasteiger partial charge in [0.25, 0.3) is 5.56 Å². The van der Waals surface area contributed by atoms with Crippen molar-refractivity contribution in [2.75, 3.05) is 0 Å². The van der Waals surface area contributed by atoms with Crippen LogP contribution in [0.1, 0.15) is 23.6 Å². The highest BCUT2D eigenvalue weighted by molar-refractivity contribution is 6.34. The van der Waals surface area contributed by atoms with Crippen molar-refractivity contribution in [3.8, 4) is 11.4 Å². The fourth-order valence-corrected chi connectivity index (χ4v) is 4.91. The van der Waals surface area contributed by atoms with E-state index in [4.69, 9.17) is 39.8 Å². The van der Waals surface area contributed by atoms with Crippen molar-refractivity contribution >= 4 is 45.7 Å². The summed E-state index contributed by atoms with van der Waals surface area (Å²) in [5, 5.41) is 4.75. The van der Waals surface area contributed by atoms with Crippen LogP contribution in [0.25, 0.3) is 22.3 Å². The van der Waals surface area contributed by atoms with Crippen LogP contribution in [0.15, 0.2) is 94.5 Å². The van der Waals surface area contributed by atoms with Gasteiger partial charge >= 0.3 is 0 Å². The SMILES string of the molecule is O=c1c2ccc(Cl)cc2nc(-c2cccc(CNCc3ccccc3)c2Cl)n1C1C=C(F)C(Cl)=CC1. The minimum absolute atomic E-state index is 0.0332. The third-order valence-corrected chi connectivity index (χ3v) is 7.12. The lowest BCUT2D eigenvalue weighted by Crippen LogP contribution is -2.28. The number of hydrogen-bond acceptors (Lipinski definition) is 3. The highest BCUT2D eigenvalue weighted by Gasteiger charge is 2.24. The first-order valence-electron chi connectivity index (χ1n) is 11.4. The third-order valence-electron chi connectivity index (χ3n) is 6.11. The topological polar surface area (TPSA) is 46.9 Å². The van der Waals surface area contributed by atoms with Gasteiger partial charge in [-0.25, -0.2) is 9.37 Å². The van der Waals surface area contributed by atoms with Crippen molar-refractivity contribution in [3.05, 3.63) is 121 Å². The minimum atomic E-state index is -0.612. The van der Waals surface area contributed by atoms with Gasteiger partial charge in [0.1, 0.15) is 11.7 Å². The molecule has 182 valence electrons. The van der Waals surface area contributed by atoms with Gasteiger partial charge in [-0.05, 0) is 47.9 Å². The Morgan fingerprint density at radius 3 is 2.58 bits per heavy atom. The van der Waals surface area contributed by atoms with Crippen molar-refractivity contribution in [1.82, 2.24) is 14.9 Å². The number of allylic oxidation sites excluding steroid dienone is 4. The highest BCUT2D eigenvalue weighted by atomic mass is 35.5. The summed E-state index contributed by atoms with van der Waals surface area (Å²) in [6, 6.07) is 19.9. The predicted molar refractivity (Wildman–Crippen MR) is 145 cm³/mol. The molecule has 0 amide bonds. The van der Waals surface area contributed by atoms with E-state index in [2.05, 4.69) is 5.32 Å². The minimum Gasteiger partial charge on any atom is -0.309 e. The largest absolute Gasteiger partial charge is 0.309 e. The van der Waals surface area contributed by atoms with Gasteiger partial charge in [0.05, 0.1) is 27.0 Å². The van der Waals surface area contributed by atoms with Crippen LogP contribution in [-0.2, 0) is 13.1 Å². The Balaban J connectivity index is 1.59. The first-order valence-corrected chi connectivity index (χ1v) is 12.5. The van der Waals surface area contributed by atoms with Gasteiger partial charge in [0.15, 0.2) is 0 Å². The van der Waals surface area contributed by atoms with E-state index in [-0.39, 0.29) is 10.6 Å². The molecule has 8 heteroatoms. The smallest absolute Gasteiger partial charge is 0.262 e. The zero-order valence-electron chi connectivity index (χ0n) is 19.0. The average molecular weight is 541 g/mol. The maximum Gasteiger partial charge on any atom is 0.262 e. The average Bonchev–Trinajstić information content (AvgIpc) is 2.87. The second kappa shape index (κ2) is 10.6. The summed E-state index contributed by atoms with van der Waals surface area (Å²) in [4.78, 5) is 18.5. The molecule has 0 radical (unpaired) electrons. The standard InChI is InChI=1S/C28H21Cl3FN3O/c29-19-9-11-21-25(13-19)34-27(35(28(21)36)20-10-12-23(30)24(32)14-20)22-8-4-7-18(26(22)31)16-33-15-17-5-2-1-3-6-17/h1-9,11-14,20,33H,10,15-16H2. The van der Waals surface area contributed by atoms with Crippen molar-refractivity contribution in [3.63, 3.8) is 0 Å². The Morgan fingerprint density at radius 2 is 1.81 bits per heavy atom. The Hall–Kier alpha value is -2.96. The summed E-state index contributed by atoms with van der Waals surface area (Å²) in [6.07, 6.45) is 3.25. The molecule has 36 heavy (non-hydrogen) atoms. The van der Waals surface area contributed by atoms with Gasteiger partial charge in [-0.3, -0.25) is 9.36 Å². The molecule has 0 saturated heterocycles. The van der Waals surface area contributed by atoms with Crippen LogP contribution in [0.3, 0.4) is 0 Å². The molecule has 0 fully saturated rings. The maximum atomic E-state index is 14.4. The van der Waals surface area contributed by atoms with E-state index in [0.29, 0.717) is 51.8 Å². The first-order chi connectivity index (χ1) is 17.4. The number of halogens is 4. The third kappa shape index (κ3) is 4.97. The number of aromatic nitrogens is 2. The molecule has 1 unspecified atom stereocenters. The van der Waals surface area contributed by atoms with Crippen molar-refractivity contribution in [2.45, 2.75) is 25.6 Å². The van der Waals surface area contributed by atoms with Crippen LogP contribution in [0, 0.1) is 0 Å². The summed E-state index contributed by atoms with van der Waals surface area (Å²) in [5.41, 5.74) is 2.71. The van der Waals surface area contributed by atoms with Crippen LogP contribution < -0.4 is 10.9 Å². The van der Waals surface area contributed by atoms with Gasteiger partial charge in [-0.15, -0.1) is 0 Å². The second-order valence-electron chi connectivity index (χ2n) is 8.51. The number of benzene rings is 3. The van der Waals surface area contributed by atoms with Gasteiger partial charge in [0, 0.05) is 23.7 Å². The Kier molecular flexibility index (Phi) is 7.26. The highest BCUT2D eigenvalue weighted by Crippen LogP contribution is 2.35. The van der Waals surface area contributed by atoms with E-state index in [0.717, 1.165) is 11.1 Å². The fraction of sp³-hybridized carbons (Fsp3) is 0.143. The van der Waals surface area contributed by atoms with E-state index >= 15 is 0 Å². The van der Waals surface area contributed by atoms with Gasteiger partial charge in [-0.1, -0.05) is 83.3 Å². The molecule has 1 heterocycles. The fourth-order valence-electron chi connectivity index (χ4n) is 4.31. The summed E-state index contributed by atoms with van der Waals surface area (Å²) >= 11 is 19.0. The summed E-state index contributed by atoms with van der Waals surface area (Å²) in [7, 11) is 0. The number of nitrogens with one attached hydrogen (secondary N) is 1. The Morgan fingerprint density at radius 1 is 1.00 bits per heavy atom. The molecule has 1 aliphatic carbocycles. The molecule has 1 aliphatic rings. The molecule has 5 rings (SSSR count). The Bertz CT molecular complexity index is 1560. The molecular formula is C28H21Cl3FN3O. The van der Waals surface area contributed by atoms with E-state index in [1.165, 1.54) is 10.6 Å². The van der Waals surface area contributed by atoms with Gasteiger partial charge < -0.3 is 5.32 Å². The van der Waals surface area contributed by atoms with Crippen LogP contribution in [0.2, 0.25) is 10.0 Å². The molecule has 0 aliphatic heterocycles. The summed E-state index contributed by atoms with van der Waals surface area (Å²) < 4.78 is 15.9. The molecule has 1 aromatic heterocycles. The van der Waals surface area contributed by atoms with E-state index < -0.39 is 11.9 Å². The number of rotatable bonds is 6. The first kappa shape index (κ1) is 24.7. The van der Waals surface area contributed by atoms with E-state index in [9.17, 15) is 9.18 Å². The number of nitrogens with zero attached hydrogens (tertiary/aromatic N) is 2. The molecule has 4 aromatic rings. The van der Waals surface area contributed by atoms with Crippen molar-refractivity contribution < 1.29 is 4.39 Å². The number of hydrogen-bond donors (Lipinski definition) is 1. The Labute approximate surface area is 222 Å². The van der Waals surface area contributed by atoms with Crippen molar-refractivity contribution in [1.29, 1.82) is 0 Å². The van der Waals surface area contributed by atoms with Crippen LogP contribution >= 0.6 is 34.8 Å². The zero-order valence-corrected chi connectivity index (χ0v) is 21.3. The van der Waals surface area contributed by atoms with E-state index in [1.807, 2.05) is 48.5 Å². The normalized spacial score (nSPS) is 15.6. The molecule has 0 bridgehead atoms. The quantitative estimate of drug-likeness (QED) is 0.274. The lowest BCUT2D eigenvalue weighted by molar-refractivity contribution is 0.550. The molecule has 1 atom stereocenters. The second-order valence-corrected chi connectivity index (χ2v) is 9.73. The van der Waals surface area contributed by atoms with Crippen molar-refractivity contribution in [2.24, 2.45) is 0 Å². The summed E-state index contributed by atoms with van der Waals surface area (Å²) in [5.74, 6) is -0.239. The van der Waals surface area contributed by atoms with E-state index in [1.54, 1.807) is 24.3 Å². The molecule has 1 N–H and O–H groups in total. The zero-order chi connectivity index (χ0) is 25.2. The molecule has 0 spiro atoms. The van der Waals surface area contributed by atoms with Crippen LogP contribution in [0.5, 0.6) is 0 Å². The van der Waals surface area contributed by atoms with Crippen LogP contribution in [-0.4, -0.2) is 9.55 Å². The maximum absolute atomic E-state index is 14.4. The predicted octanol–water partition coefficient (Wildman–Crippen LogP) is 7.58. The number of fused-ring (bicyclic) bond motifs is 1. The molecule has 3 aromatic carbocycles. The van der Waals surface area contributed by atoms with Gasteiger partial charge in [-0.2, -0.15) is 0 Å². The van der Waals surface area contributed by atoms with Gasteiger partial charge in [0.2, 0.25) is 0 Å². The molecule has 4 nitrogen and oxygen atoms in total. The summed E-state index contributed by atoms with van der Waals surface area (Å²) in [6.45, 7) is 1.19. The lowest BCUT2D eigenvalue weighted by atomic mass is 10.0. The monoisotopic (exact) mass is 539 g/mol.